The molecule has 0 saturated heterocycles. The van der Waals surface area contributed by atoms with Gasteiger partial charge in [-0.3, -0.25) is 0 Å². The molecule has 4 aliphatic carbocycles. The molecule has 0 N–H and O–H groups in total. The van der Waals surface area contributed by atoms with E-state index in [4.69, 9.17) is 9.47 Å². The fourth-order valence-electron chi connectivity index (χ4n) is 9.70. The summed E-state index contributed by atoms with van der Waals surface area (Å²) in [7, 11) is 0. The minimum atomic E-state index is -0.944. The number of carbonyl (C=O) groups is 1. The lowest BCUT2D eigenvalue weighted by molar-refractivity contribution is -0.0611. The topological polar surface area (TPSA) is 35.5 Å². The standard InChI is InChI=1S/C36H51FO3/c1-24(2)10-9-11-25(3)30-16-17-31-29-15-14-27-23-28(18-20-35(27,4)32(29)19-21-36(30,31)5)39-34(38)40-33(37)22-26-12-7-6-8-13-26/h6-8,12-14,22,24-25,28-32H,9-11,15-21,23H2,1-5H3/b33-22+/t25-,28?,29+,30-,31+,32+,35+,36-/m1/s1. The highest BCUT2D eigenvalue weighted by atomic mass is 19.1. The van der Waals surface area contributed by atoms with E-state index >= 15 is 0 Å². The highest BCUT2D eigenvalue weighted by molar-refractivity contribution is 5.63. The van der Waals surface area contributed by atoms with Crippen LogP contribution >= 0.6 is 0 Å². The van der Waals surface area contributed by atoms with Crippen molar-refractivity contribution < 1.29 is 18.7 Å². The maximum Gasteiger partial charge on any atom is 0.516 e. The normalized spacial score (nSPS) is 36.2. The molecule has 3 fully saturated rings. The van der Waals surface area contributed by atoms with Gasteiger partial charge >= 0.3 is 6.16 Å². The Labute approximate surface area is 242 Å². The average Bonchev–Trinajstić information content (AvgIpc) is 3.26. The molecule has 3 saturated carbocycles. The number of halogens is 1. The van der Waals surface area contributed by atoms with E-state index in [1.165, 1.54) is 56.6 Å². The summed E-state index contributed by atoms with van der Waals surface area (Å²) < 4.78 is 24.7. The van der Waals surface area contributed by atoms with Gasteiger partial charge in [0, 0.05) is 12.5 Å². The Kier molecular flexibility index (Phi) is 8.83. The molecule has 4 heteroatoms. The summed E-state index contributed by atoms with van der Waals surface area (Å²) in [5.41, 5.74) is 2.77. The maximum atomic E-state index is 14.2. The fraction of sp³-hybridized carbons (Fsp3) is 0.694. The molecule has 40 heavy (non-hydrogen) atoms. The van der Waals surface area contributed by atoms with Crippen molar-refractivity contribution in [1.29, 1.82) is 0 Å². The van der Waals surface area contributed by atoms with E-state index in [0.717, 1.165) is 61.2 Å². The van der Waals surface area contributed by atoms with Gasteiger partial charge in [0.15, 0.2) is 0 Å². The first-order chi connectivity index (χ1) is 19.1. The third-order valence-electron chi connectivity index (χ3n) is 11.8. The molecule has 0 aliphatic heterocycles. The van der Waals surface area contributed by atoms with Gasteiger partial charge in [-0.2, -0.15) is 4.39 Å². The monoisotopic (exact) mass is 550 g/mol. The van der Waals surface area contributed by atoms with Crippen LogP contribution in [0.1, 0.15) is 111 Å². The molecule has 220 valence electrons. The lowest BCUT2D eigenvalue weighted by Gasteiger charge is -2.58. The summed E-state index contributed by atoms with van der Waals surface area (Å²) >= 11 is 0. The number of fused-ring (bicyclic) bond motifs is 5. The van der Waals surface area contributed by atoms with E-state index < -0.39 is 12.2 Å². The van der Waals surface area contributed by atoms with E-state index in [1.54, 1.807) is 12.1 Å². The van der Waals surface area contributed by atoms with Crippen molar-refractivity contribution in [3.63, 3.8) is 0 Å². The van der Waals surface area contributed by atoms with E-state index in [-0.39, 0.29) is 11.5 Å². The molecule has 1 unspecified atom stereocenters. The highest BCUT2D eigenvalue weighted by Crippen LogP contribution is 2.67. The predicted octanol–water partition coefficient (Wildman–Crippen LogP) is 10.5. The Balaban J connectivity index is 1.20. The van der Waals surface area contributed by atoms with Crippen molar-refractivity contribution in [2.75, 3.05) is 0 Å². The number of ether oxygens (including phenoxy) is 2. The van der Waals surface area contributed by atoms with Crippen molar-refractivity contribution in [2.45, 2.75) is 111 Å². The van der Waals surface area contributed by atoms with Crippen LogP contribution in [0.25, 0.3) is 6.08 Å². The zero-order valence-corrected chi connectivity index (χ0v) is 25.5. The molecular weight excluding hydrogens is 499 g/mol. The van der Waals surface area contributed by atoms with Crippen LogP contribution in [-0.2, 0) is 9.47 Å². The van der Waals surface area contributed by atoms with Gasteiger partial charge in [-0.25, -0.2) is 4.79 Å². The van der Waals surface area contributed by atoms with Crippen LogP contribution in [0.2, 0.25) is 0 Å². The first-order valence-corrected chi connectivity index (χ1v) is 16.1. The van der Waals surface area contributed by atoms with Crippen molar-refractivity contribution in [3.8, 4) is 0 Å². The van der Waals surface area contributed by atoms with Crippen LogP contribution in [0.3, 0.4) is 0 Å². The lowest BCUT2D eigenvalue weighted by Crippen LogP contribution is -2.51. The number of rotatable bonds is 8. The summed E-state index contributed by atoms with van der Waals surface area (Å²) in [5, 5.41) is 0. The van der Waals surface area contributed by atoms with Crippen LogP contribution in [0.4, 0.5) is 9.18 Å². The summed E-state index contributed by atoms with van der Waals surface area (Å²) in [6, 6.07) is 8.06. The van der Waals surface area contributed by atoms with Crippen molar-refractivity contribution in [3.05, 3.63) is 53.6 Å². The van der Waals surface area contributed by atoms with Crippen molar-refractivity contribution >= 4 is 12.2 Å². The second-order valence-corrected chi connectivity index (χ2v) is 14.5. The number of hydrogen-bond donors (Lipinski definition) is 0. The molecule has 0 radical (unpaired) electrons. The molecule has 0 amide bonds. The Morgan fingerprint density at radius 2 is 1.80 bits per heavy atom. The van der Waals surface area contributed by atoms with E-state index in [2.05, 4.69) is 40.7 Å². The Morgan fingerprint density at radius 3 is 2.55 bits per heavy atom. The van der Waals surface area contributed by atoms with Crippen LogP contribution in [-0.4, -0.2) is 12.3 Å². The Morgan fingerprint density at radius 1 is 1.02 bits per heavy atom. The largest absolute Gasteiger partial charge is 0.516 e. The second kappa shape index (κ2) is 12.0. The minimum absolute atomic E-state index is 0.188. The molecule has 5 rings (SSSR count). The van der Waals surface area contributed by atoms with Gasteiger partial charge in [-0.1, -0.05) is 95.9 Å². The second-order valence-electron chi connectivity index (χ2n) is 14.5. The number of carbonyl (C=O) groups excluding carboxylic acids is 1. The summed E-state index contributed by atoms with van der Waals surface area (Å²) in [4.78, 5) is 12.4. The van der Waals surface area contributed by atoms with Gasteiger partial charge in [0.05, 0.1) is 0 Å². The molecular formula is C36H51FO3. The quantitative estimate of drug-likeness (QED) is 0.183. The van der Waals surface area contributed by atoms with Gasteiger partial charge in [-0.05, 0) is 96.8 Å². The molecule has 4 aliphatic rings. The van der Waals surface area contributed by atoms with Gasteiger partial charge < -0.3 is 9.47 Å². The summed E-state index contributed by atoms with van der Waals surface area (Å²) in [6.45, 7) is 12.4. The van der Waals surface area contributed by atoms with Gasteiger partial charge in [0.1, 0.15) is 6.10 Å². The van der Waals surface area contributed by atoms with Gasteiger partial charge in [-0.15, -0.1) is 0 Å². The number of benzene rings is 1. The van der Waals surface area contributed by atoms with Crippen LogP contribution < -0.4 is 0 Å². The summed E-state index contributed by atoms with van der Waals surface area (Å²) in [5.74, 6) is 4.84. The number of hydrogen-bond acceptors (Lipinski definition) is 3. The van der Waals surface area contributed by atoms with Crippen LogP contribution in [0, 0.1) is 46.3 Å². The SMILES string of the molecule is CC(C)CCC[C@@H](C)[C@H]1CC[C@H]2[C@@H]3CC=C4CC(OC(=O)O/C(F)=C/c5ccccc5)CC[C@]4(C)[C@H]3CC[C@]12C. The zero-order chi connectivity index (χ0) is 28.5. The molecule has 1 aromatic rings. The average molecular weight is 551 g/mol. The third-order valence-corrected chi connectivity index (χ3v) is 11.8. The Bertz CT molecular complexity index is 1090. The highest BCUT2D eigenvalue weighted by Gasteiger charge is 2.59. The van der Waals surface area contributed by atoms with E-state index in [0.29, 0.717) is 11.0 Å². The third kappa shape index (κ3) is 5.93. The van der Waals surface area contributed by atoms with E-state index in [1.807, 2.05) is 18.2 Å². The predicted molar refractivity (Wildman–Crippen MR) is 160 cm³/mol. The van der Waals surface area contributed by atoms with E-state index in [9.17, 15) is 9.18 Å². The smallest absolute Gasteiger partial charge is 0.430 e. The molecule has 0 aromatic heterocycles. The first kappa shape index (κ1) is 29.4. The lowest BCUT2D eigenvalue weighted by atomic mass is 9.47. The van der Waals surface area contributed by atoms with Crippen molar-refractivity contribution in [1.82, 2.24) is 0 Å². The van der Waals surface area contributed by atoms with Crippen LogP contribution in [0.5, 0.6) is 0 Å². The molecule has 0 spiro atoms. The van der Waals surface area contributed by atoms with Crippen molar-refractivity contribution in [2.24, 2.45) is 46.3 Å². The minimum Gasteiger partial charge on any atom is -0.430 e. The summed E-state index contributed by atoms with van der Waals surface area (Å²) in [6.07, 6.45) is 15.9. The molecule has 3 nitrogen and oxygen atoms in total. The molecule has 1 aromatic carbocycles. The maximum absolute atomic E-state index is 14.2. The molecule has 0 heterocycles. The Hall–Kier alpha value is -2.10. The van der Waals surface area contributed by atoms with Gasteiger partial charge in [0.2, 0.25) is 0 Å². The first-order valence-electron chi connectivity index (χ1n) is 16.1. The fourth-order valence-corrected chi connectivity index (χ4v) is 9.70. The van der Waals surface area contributed by atoms with Crippen LogP contribution in [0.15, 0.2) is 48.0 Å². The van der Waals surface area contributed by atoms with Gasteiger partial charge in [0.25, 0.3) is 6.01 Å². The zero-order valence-electron chi connectivity index (χ0n) is 25.5. The molecule has 0 bridgehead atoms. The number of allylic oxidation sites excluding steroid dienone is 1. The molecule has 8 atom stereocenters.